The molecule has 0 aliphatic rings. The van der Waals surface area contributed by atoms with Gasteiger partial charge in [0.05, 0.1) is 18.7 Å². The molecule has 1 aromatic heterocycles. The van der Waals surface area contributed by atoms with E-state index in [1.54, 1.807) is 30.3 Å². The molecule has 1 heterocycles. The molecule has 2 aromatic rings. The van der Waals surface area contributed by atoms with E-state index in [4.69, 9.17) is 9.52 Å². The Bertz CT molecular complexity index is 591. The largest absolute Gasteiger partial charge is 0.478 e. The monoisotopic (exact) mass is 275 g/mol. The molecule has 5 heteroatoms. The number of rotatable bonds is 6. The second-order valence-corrected chi connectivity index (χ2v) is 4.58. The number of likely N-dealkylation sites (N-methyl/N-ethyl adjacent to an activating group) is 1. The maximum atomic E-state index is 11.2. The second-order valence-electron chi connectivity index (χ2n) is 4.58. The van der Waals surface area contributed by atoms with Crippen LogP contribution in [0, 0.1) is 0 Å². The smallest absolute Gasteiger partial charge is 0.336 e. The van der Waals surface area contributed by atoms with E-state index >= 15 is 0 Å². The summed E-state index contributed by atoms with van der Waals surface area (Å²) in [4.78, 5) is 13.1. The quantitative estimate of drug-likeness (QED) is 0.844. The van der Waals surface area contributed by atoms with Gasteiger partial charge in [-0.3, -0.25) is 4.90 Å². The van der Waals surface area contributed by atoms with Crippen molar-refractivity contribution < 1.29 is 19.4 Å². The molecule has 20 heavy (non-hydrogen) atoms. The van der Waals surface area contributed by atoms with Crippen molar-refractivity contribution in [1.82, 2.24) is 4.90 Å². The number of aliphatic hydroxyl groups excluding tert-OH is 1. The van der Waals surface area contributed by atoms with Crippen molar-refractivity contribution in [2.24, 2.45) is 0 Å². The van der Waals surface area contributed by atoms with Gasteiger partial charge in [-0.15, -0.1) is 0 Å². The molecule has 0 spiro atoms. The van der Waals surface area contributed by atoms with Gasteiger partial charge in [-0.1, -0.05) is 18.2 Å². The first-order chi connectivity index (χ1) is 9.61. The minimum absolute atomic E-state index is 0.0892. The molecule has 0 radical (unpaired) electrons. The van der Waals surface area contributed by atoms with Crippen molar-refractivity contribution in [3.63, 3.8) is 0 Å². The average Bonchev–Trinajstić information content (AvgIpc) is 2.87. The SMILES string of the molecule is CN(CCO)Cc1ccc(-c2ccccc2C(=O)O)o1. The van der Waals surface area contributed by atoms with Gasteiger partial charge in [-0.05, 0) is 25.2 Å². The van der Waals surface area contributed by atoms with Crippen LogP contribution in [0.5, 0.6) is 0 Å². The van der Waals surface area contributed by atoms with Gasteiger partial charge in [-0.2, -0.15) is 0 Å². The van der Waals surface area contributed by atoms with Crippen LogP contribution in [0.1, 0.15) is 16.1 Å². The highest BCUT2D eigenvalue weighted by Gasteiger charge is 2.14. The number of benzene rings is 1. The summed E-state index contributed by atoms with van der Waals surface area (Å²) >= 11 is 0. The molecule has 0 aliphatic heterocycles. The van der Waals surface area contributed by atoms with Crippen LogP contribution >= 0.6 is 0 Å². The summed E-state index contributed by atoms with van der Waals surface area (Å²) in [5, 5.41) is 18.0. The van der Waals surface area contributed by atoms with Gasteiger partial charge < -0.3 is 14.6 Å². The Balaban J connectivity index is 2.23. The van der Waals surface area contributed by atoms with Crippen LogP contribution in [-0.2, 0) is 6.54 Å². The second kappa shape index (κ2) is 6.36. The summed E-state index contributed by atoms with van der Waals surface area (Å²) in [6.07, 6.45) is 0. The van der Waals surface area contributed by atoms with Crippen LogP contribution in [0.15, 0.2) is 40.8 Å². The third kappa shape index (κ3) is 3.26. The molecule has 5 nitrogen and oxygen atoms in total. The minimum atomic E-state index is -0.976. The van der Waals surface area contributed by atoms with Crippen molar-refractivity contribution in [3.8, 4) is 11.3 Å². The minimum Gasteiger partial charge on any atom is -0.478 e. The van der Waals surface area contributed by atoms with Gasteiger partial charge in [0.25, 0.3) is 0 Å². The van der Waals surface area contributed by atoms with Crippen LogP contribution < -0.4 is 0 Å². The molecule has 0 fully saturated rings. The lowest BCUT2D eigenvalue weighted by atomic mass is 10.1. The molecule has 0 atom stereocenters. The topological polar surface area (TPSA) is 73.9 Å². The molecule has 0 saturated carbocycles. The summed E-state index contributed by atoms with van der Waals surface area (Å²) in [6.45, 7) is 1.21. The van der Waals surface area contributed by atoms with Gasteiger partial charge in [0, 0.05) is 12.1 Å². The fourth-order valence-corrected chi connectivity index (χ4v) is 2.01. The van der Waals surface area contributed by atoms with Gasteiger partial charge in [0.1, 0.15) is 11.5 Å². The first kappa shape index (κ1) is 14.3. The number of aromatic carboxylic acids is 1. The van der Waals surface area contributed by atoms with E-state index in [9.17, 15) is 9.90 Å². The van der Waals surface area contributed by atoms with Crippen LogP contribution in [0.4, 0.5) is 0 Å². The summed E-state index contributed by atoms with van der Waals surface area (Å²) in [5.74, 6) is 0.294. The number of hydrogen-bond acceptors (Lipinski definition) is 4. The Morgan fingerprint density at radius 3 is 2.70 bits per heavy atom. The lowest BCUT2D eigenvalue weighted by Gasteiger charge is -2.12. The van der Waals surface area contributed by atoms with Crippen LogP contribution in [0.3, 0.4) is 0 Å². The molecule has 106 valence electrons. The van der Waals surface area contributed by atoms with Gasteiger partial charge in [-0.25, -0.2) is 4.79 Å². The fraction of sp³-hybridized carbons (Fsp3) is 0.267. The Hall–Kier alpha value is -2.11. The van der Waals surface area contributed by atoms with Gasteiger partial charge in [0.2, 0.25) is 0 Å². The van der Waals surface area contributed by atoms with E-state index in [1.807, 2.05) is 18.0 Å². The number of furan rings is 1. The highest BCUT2D eigenvalue weighted by molar-refractivity contribution is 5.95. The molecule has 0 aliphatic carbocycles. The zero-order valence-corrected chi connectivity index (χ0v) is 11.2. The number of hydrogen-bond donors (Lipinski definition) is 2. The number of aliphatic hydroxyl groups is 1. The Morgan fingerprint density at radius 2 is 2.00 bits per heavy atom. The van der Waals surface area contributed by atoms with Crippen LogP contribution in [0.2, 0.25) is 0 Å². The first-order valence-corrected chi connectivity index (χ1v) is 6.32. The van der Waals surface area contributed by atoms with E-state index in [1.165, 1.54) is 0 Å². The highest BCUT2D eigenvalue weighted by atomic mass is 16.4. The first-order valence-electron chi connectivity index (χ1n) is 6.32. The van der Waals surface area contributed by atoms with E-state index in [-0.39, 0.29) is 12.2 Å². The molecule has 0 unspecified atom stereocenters. The normalized spacial score (nSPS) is 10.9. The number of carboxylic acids is 1. The molecule has 0 saturated heterocycles. The summed E-state index contributed by atoms with van der Waals surface area (Å²) in [5.41, 5.74) is 0.785. The number of carboxylic acid groups (broad SMARTS) is 1. The van der Waals surface area contributed by atoms with Gasteiger partial charge in [0.15, 0.2) is 0 Å². The zero-order chi connectivity index (χ0) is 14.5. The van der Waals surface area contributed by atoms with Crippen molar-refractivity contribution >= 4 is 5.97 Å². The van der Waals surface area contributed by atoms with Crippen molar-refractivity contribution in [1.29, 1.82) is 0 Å². The molecular formula is C15H17NO4. The lowest BCUT2D eigenvalue weighted by molar-refractivity contribution is 0.0697. The van der Waals surface area contributed by atoms with E-state index in [2.05, 4.69) is 0 Å². The fourth-order valence-electron chi connectivity index (χ4n) is 2.01. The predicted molar refractivity (Wildman–Crippen MR) is 74.5 cm³/mol. The Morgan fingerprint density at radius 1 is 1.25 bits per heavy atom. The molecule has 2 rings (SSSR count). The van der Waals surface area contributed by atoms with Crippen LogP contribution in [-0.4, -0.2) is 41.3 Å². The zero-order valence-electron chi connectivity index (χ0n) is 11.2. The summed E-state index contributed by atoms with van der Waals surface area (Å²) in [6, 6.07) is 10.3. The average molecular weight is 275 g/mol. The Kier molecular flexibility index (Phi) is 4.55. The molecular weight excluding hydrogens is 258 g/mol. The predicted octanol–water partition coefficient (Wildman–Crippen LogP) is 2.07. The van der Waals surface area contributed by atoms with Crippen molar-refractivity contribution in [3.05, 3.63) is 47.7 Å². The maximum Gasteiger partial charge on any atom is 0.336 e. The maximum absolute atomic E-state index is 11.2. The number of carbonyl (C=O) groups is 1. The van der Waals surface area contributed by atoms with Crippen LogP contribution in [0.25, 0.3) is 11.3 Å². The third-order valence-corrected chi connectivity index (χ3v) is 2.99. The van der Waals surface area contributed by atoms with E-state index in [0.717, 1.165) is 5.76 Å². The number of nitrogens with zero attached hydrogens (tertiary/aromatic N) is 1. The van der Waals surface area contributed by atoms with E-state index < -0.39 is 5.97 Å². The molecule has 0 amide bonds. The van der Waals surface area contributed by atoms with Crippen molar-refractivity contribution in [2.45, 2.75) is 6.54 Å². The molecule has 1 aromatic carbocycles. The highest BCUT2D eigenvalue weighted by Crippen LogP contribution is 2.26. The summed E-state index contributed by atoms with van der Waals surface area (Å²) in [7, 11) is 1.88. The molecule has 2 N–H and O–H groups in total. The third-order valence-electron chi connectivity index (χ3n) is 2.99. The molecule has 0 bridgehead atoms. The lowest BCUT2D eigenvalue weighted by Crippen LogP contribution is -2.21. The Labute approximate surface area is 117 Å². The van der Waals surface area contributed by atoms with E-state index in [0.29, 0.717) is 24.4 Å². The standard InChI is InChI=1S/C15H17NO4/c1-16(8-9-17)10-11-6-7-14(20-11)12-4-2-3-5-13(12)15(18)19/h2-7,17H,8-10H2,1H3,(H,18,19). The van der Waals surface area contributed by atoms with Gasteiger partial charge >= 0.3 is 5.97 Å². The van der Waals surface area contributed by atoms with Crippen molar-refractivity contribution in [2.75, 3.05) is 20.2 Å². The summed E-state index contributed by atoms with van der Waals surface area (Å²) < 4.78 is 5.69.